The molecule has 0 saturated heterocycles. The van der Waals surface area contributed by atoms with Crippen molar-refractivity contribution in [2.75, 3.05) is 0 Å². The molecule has 1 aliphatic carbocycles. The number of carbonyl (C=O) groups is 2. The zero-order valence-corrected chi connectivity index (χ0v) is 57.5. The van der Waals surface area contributed by atoms with E-state index in [0.29, 0.717) is 36.1 Å². The average molecular weight is 1370 g/mol. The van der Waals surface area contributed by atoms with Crippen LogP contribution >= 0.6 is 0 Å². The Morgan fingerprint density at radius 2 is 0.811 bits per heavy atom. The van der Waals surface area contributed by atoms with Gasteiger partial charge in [0.1, 0.15) is 55.5 Å². The number of benzene rings is 8. The molecule has 18 nitrogen and oxygen atoms in total. The van der Waals surface area contributed by atoms with Gasteiger partial charge in [0.05, 0.1) is 9.79 Å². The summed E-state index contributed by atoms with van der Waals surface area (Å²) in [7, 11) is -19.8. The van der Waals surface area contributed by atoms with Gasteiger partial charge in [-0.25, -0.2) is 0 Å². The number of rotatable bonds is 26. The van der Waals surface area contributed by atoms with Gasteiger partial charge in [0.2, 0.25) is 0 Å². The van der Waals surface area contributed by atoms with E-state index in [1.807, 2.05) is 45.0 Å². The lowest BCUT2D eigenvalue weighted by molar-refractivity contribution is 0.0513. The Hall–Kier alpha value is -8.06. The van der Waals surface area contributed by atoms with Crippen LogP contribution in [0.5, 0.6) is 34.5 Å². The molecule has 95 heavy (non-hydrogen) atoms. The van der Waals surface area contributed by atoms with Crippen LogP contribution in [0.15, 0.2) is 189 Å². The fraction of sp³-hybridized carbons (Fsp3) is 0.315. The lowest BCUT2D eigenvalue weighted by Crippen LogP contribution is -2.39. The van der Waals surface area contributed by atoms with Crippen molar-refractivity contribution >= 4 is 52.0 Å². The predicted molar refractivity (Wildman–Crippen MR) is 361 cm³/mol. The molecule has 1 fully saturated rings. The Morgan fingerprint density at radius 1 is 0.432 bits per heavy atom. The van der Waals surface area contributed by atoms with Crippen molar-refractivity contribution in [1.29, 1.82) is 0 Å². The Balaban J connectivity index is 0.895. The molecule has 8 aromatic rings. The zero-order valence-electron chi connectivity index (χ0n) is 54.2. The predicted octanol–water partition coefficient (Wildman–Crippen LogP) is 16.6. The van der Waals surface area contributed by atoms with Crippen LogP contribution in [0.2, 0.25) is 0 Å². The third-order valence-electron chi connectivity index (χ3n) is 18.5. The first-order valence-electron chi connectivity index (χ1n) is 31.2. The number of ketones is 2. The highest BCUT2D eigenvalue weighted by Crippen LogP contribution is 2.47. The molecular weight excluding hydrogens is 1290 g/mol. The van der Waals surface area contributed by atoms with E-state index in [4.69, 9.17) is 18.9 Å². The fourth-order valence-corrected chi connectivity index (χ4v) is 15.3. The van der Waals surface area contributed by atoms with E-state index in [9.17, 15) is 61.5 Å². The zero-order chi connectivity index (χ0) is 69.3. The second-order valence-electron chi connectivity index (χ2n) is 25.5. The summed E-state index contributed by atoms with van der Waals surface area (Å²) in [5.74, 6) is -1.27. The van der Waals surface area contributed by atoms with E-state index in [0.717, 1.165) is 79.7 Å². The average Bonchev–Trinajstić information content (AvgIpc) is 0.797. The normalized spacial score (nSPS) is 14.9. The molecule has 0 heterocycles. The van der Waals surface area contributed by atoms with Crippen molar-refractivity contribution in [3.8, 4) is 45.6 Å². The van der Waals surface area contributed by atoms with Crippen molar-refractivity contribution < 1.29 is 80.4 Å². The Labute approximate surface area is 556 Å². The summed E-state index contributed by atoms with van der Waals surface area (Å²) in [6.07, 6.45) is 7.03. The van der Waals surface area contributed by atoms with Gasteiger partial charge in [-0.2, -0.15) is 33.7 Å². The van der Waals surface area contributed by atoms with Gasteiger partial charge in [0, 0.05) is 33.6 Å². The molecule has 2 atom stereocenters. The van der Waals surface area contributed by atoms with Gasteiger partial charge in [-0.05, 0) is 195 Å². The lowest BCUT2D eigenvalue weighted by atomic mass is 9.65. The van der Waals surface area contributed by atoms with Crippen molar-refractivity contribution in [3.63, 3.8) is 0 Å². The van der Waals surface area contributed by atoms with Crippen molar-refractivity contribution in [2.45, 2.75) is 168 Å². The van der Waals surface area contributed by atoms with Crippen molar-refractivity contribution in [1.82, 2.24) is 0 Å². The lowest BCUT2D eigenvalue weighted by Gasteiger charge is -2.39. The highest BCUT2D eigenvalue weighted by molar-refractivity contribution is 7.86. The van der Waals surface area contributed by atoms with E-state index in [1.54, 1.807) is 81.4 Å². The quantitative estimate of drug-likeness (QED) is 0.0289. The van der Waals surface area contributed by atoms with Crippen LogP contribution in [0.1, 0.15) is 180 Å². The van der Waals surface area contributed by atoms with Crippen LogP contribution in [0.3, 0.4) is 0 Å². The highest BCUT2D eigenvalue weighted by Gasteiger charge is 2.40. The van der Waals surface area contributed by atoms with Gasteiger partial charge < -0.3 is 18.9 Å². The molecule has 1 aliphatic rings. The molecular formula is C73H78O18S4. The maximum Gasteiger partial charge on any atom is 0.298 e. The minimum absolute atomic E-state index is 0.152. The summed E-state index contributed by atoms with van der Waals surface area (Å²) in [6, 6.07) is 43.5. The first-order chi connectivity index (χ1) is 44.5. The molecule has 8 aromatic carbocycles. The number of carbonyl (C=O) groups excluding carboxylic acids is 2. The smallest absolute Gasteiger partial charge is 0.298 e. The Kier molecular flexibility index (Phi) is 20.7. The Bertz CT molecular complexity index is 4650. The van der Waals surface area contributed by atoms with Crippen LogP contribution in [-0.4, -0.2) is 74.7 Å². The molecule has 0 aromatic heterocycles. The van der Waals surface area contributed by atoms with Crippen molar-refractivity contribution in [3.05, 3.63) is 214 Å². The molecule has 1 saturated carbocycles. The second kappa shape index (κ2) is 27.6. The molecule has 0 spiro atoms. The number of ether oxygens (including phenoxy) is 4. The largest absolute Gasteiger partial charge is 0.488 e. The fourth-order valence-electron chi connectivity index (χ4n) is 12.3. The highest BCUT2D eigenvalue weighted by atomic mass is 32.2. The van der Waals surface area contributed by atoms with Gasteiger partial charge >= 0.3 is 0 Å². The molecule has 502 valence electrons. The first-order valence-corrected chi connectivity index (χ1v) is 37.0. The molecule has 0 bridgehead atoms. The van der Waals surface area contributed by atoms with Gasteiger partial charge in [0.25, 0.3) is 40.5 Å². The van der Waals surface area contributed by atoms with Crippen LogP contribution in [0.25, 0.3) is 11.1 Å². The molecule has 2 unspecified atom stereocenters. The van der Waals surface area contributed by atoms with Gasteiger partial charge in [0.15, 0.2) is 11.6 Å². The topological polar surface area (TPSA) is 289 Å². The van der Waals surface area contributed by atoms with Gasteiger partial charge in [-0.1, -0.05) is 134 Å². The maximum atomic E-state index is 14.3. The first kappa shape index (κ1) is 71.2. The van der Waals surface area contributed by atoms with Gasteiger partial charge in [-0.3, -0.25) is 27.8 Å². The van der Waals surface area contributed by atoms with Crippen molar-refractivity contribution in [2.24, 2.45) is 0 Å². The molecule has 9 rings (SSSR count). The van der Waals surface area contributed by atoms with E-state index >= 15 is 0 Å². The minimum Gasteiger partial charge on any atom is -0.488 e. The van der Waals surface area contributed by atoms with Crippen LogP contribution in [-0.2, 0) is 51.3 Å². The van der Waals surface area contributed by atoms with E-state index in [-0.39, 0.29) is 67.4 Å². The van der Waals surface area contributed by atoms with E-state index in [2.05, 4.69) is 32.9 Å². The maximum absolute atomic E-state index is 14.3. The molecule has 22 heteroatoms. The molecule has 0 aliphatic heterocycles. The summed E-state index contributed by atoms with van der Waals surface area (Å²) in [5, 5.41) is 0. The molecule has 0 amide bonds. The molecule has 0 radical (unpaired) electrons. The summed E-state index contributed by atoms with van der Waals surface area (Å²) in [4.78, 5) is 25.5. The van der Waals surface area contributed by atoms with Crippen LogP contribution < -0.4 is 18.9 Å². The second-order valence-corrected chi connectivity index (χ2v) is 31.0. The summed E-state index contributed by atoms with van der Waals surface area (Å²) in [5.41, 5.74) is 0.850. The number of hydrogen-bond acceptors (Lipinski definition) is 14. The minimum atomic E-state index is -5.02. The molecule has 4 N–H and O–H groups in total. The van der Waals surface area contributed by atoms with E-state index < -0.39 is 88.6 Å². The summed E-state index contributed by atoms with van der Waals surface area (Å²) in [6.45, 7) is 17.0. The third-order valence-corrected chi connectivity index (χ3v) is 22.0. The Morgan fingerprint density at radius 3 is 1.22 bits per heavy atom. The van der Waals surface area contributed by atoms with E-state index in [1.165, 1.54) is 48.5 Å². The summed E-state index contributed by atoms with van der Waals surface area (Å²) < 4.78 is 169. The standard InChI is InChI=1S/C73H78O18S4/c1-10-60(72(9,13-4)91-58-31-19-48(20-32-58)47-17-29-55(30-18-47)88-62-39-24-52(46-66(62)94(82,83)84)69(75)50-22-38-61(70(5,6)11-2)65(44-50)93(79,80)81)59-37-21-49(43-64(59)92(76,77)78)68(74)51-23-40-63(67(45-51)95(85,86)87)89-56-33-25-53(26-34-56)73(41-15-14-16-42-73)54-27-35-57(36-28-54)90-71(7,8)12-3/h17-40,43-46,60H,10-16,41-42H2,1-9H3,(H,76,77,78)(H,79,80,81)(H,82,83,84)(H,85,86,87). The monoisotopic (exact) mass is 1370 g/mol. The van der Waals surface area contributed by atoms with Crippen LogP contribution in [0, 0.1) is 0 Å². The third kappa shape index (κ3) is 15.9. The SMILES string of the molecule is CCC(c1ccc(C(=O)c2ccc(Oc3ccc(C4(c5ccc(OC(C)(C)CC)cc5)CCCCC4)cc3)c(S(=O)(=O)O)c2)cc1S(=O)(=O)O)C(C)(CC)Oc1ccc(-c2ccc(Oc3ccc(C(=O)c4ccc(C(C)(C)CC)c(S(=O)(=O)O)c4)cc3S(=O)(=O)O)cc2)cc1. The van der Waals surface area contributed by atoms with Crippen LogP contribution in [0.4, 0.5) is 0 Å². The summed E-state index contributed by atoms with van der Waals surface area (Å²) >= 11 is 0. The number of hydrogen-bond donors (Lipinski definition) is 4. The van der Waals surface area contributed by atoms with Gasteiger partial charge in [-0.15, -0.1) is 0 Å².